The number of hydrogen-bond donors (Lipinski definition) is 3. The van der Waals surface area contributed by atoms with E-state index >= 15 is 0 Å². The maximum absolute atomic E-state index is 11.1. The standard InChI is InChI=1S/C25H20N6O.C4H10.C2H2/c1-15(32)27-14-25-29-13-23(31-25)19-5-3-17-8-20-10-18(4-2-16(20)9-21(17)11-19)22-12-28-24(30-22)6-7-26;1-4(2)3;1-2/h2-5,8-13H,6,14H2,1H3,(H,27,32)(H,28,30)(H,29,31);4H,1-3H3;1-2H. The molecule has 192 valence electrons. The Bertz CT molecular complexity index is 1600. The Kier molecular flexibility index (Phi) is 9.40. The number of carbonyl (C=O) groups is 1. The summed E-state index contributed by atoms with van der Waals surface area (Å²) in [5, 5.41) is 16.2. The summed E-state index contributed by atoms with van der Waals surface area (Å²) in [7, 11) is 0. The van der Waals surface area contributed by atoms with Crippen molar-refractivity contribution in [3.63, 3.8) is 0 Å². The second kappa shape index (κ2) is 12.9. The molecule has 0 unspecified atom stereocenters. The molecule has 2 aromatic heterocycles. The number of amides is 1. The number of aromatic amines is 2. The molecule has 5 rings (SSSR count). The number of terminal acetylenes is 1. The first-order valence-electron chi connectivity index (χ1n) is 12.3. The zero-order valence-corrected chi connectivity index (χ0v) is 22.2. The first kappa shape index (κ1) is 27.7. The second-order valence-electron chi connectivity index (χ2n) is 9.44. The Morgan fingerprint density at radius 2 is 1.34 bits per heavy atom. The molecule has 7 heteroatoms. The number of nitriles is 1. The minimum atomic E-state index is -0.0844. The number of rotatable bonds is 5. The number of aromatic nitrogens is 4. The molecule has 0 aliphatic rings. The molecular formula is C31H32N6O. The smallest absolute Gasteiger partial charge is 0.217 e. The summed E-state index contributed by atoms with van der Waals surface area (Å²) in [5.74, 6) is 2.14. The van der Waals surface area contributed by atoms with E-state index in [9.17, 15) is 4.79 Å². The summed E-state index contributed by atoms with van der Waals surface area (Å²) >= 11 is 0. The van der Waals surface area contributed by atoms with Gasteiger partial charge in [-0.3, -0.25) is 4.79 Å². The van der Waals surface area contributed by atoms with E-state index in [1.54, 1.807) is 12.4 Å². The van der Waals surface area contributed by atoms with Crippen LogP contribution in [0.2, 0.25) is 0 Å². The third-order valence-electron chi connectivity index (χ3n) is 5.43. The number of carbonyl (C=O) groups excluding carboxylic acids is 1. The fourth-order valence-electron chi connectivity index (χ4n) is 3.81. The van der Waals surface area contributed by atoms with Crippen LogP contribution in [0.1, 0.15) is 39.3 Å². The van der Waals surface area contributed by atoms with Gasteiger partial charge in [0.05, 0.1) is 42.8 Å². The van der Waals surface area contributed by atoms with Gasteiger partial charge < -0.3 is 15.3 Å². The molecule has 5 aromatic rings. The number of nitrogens with zero attached hydrogens (tertiary/aromatic N) is 3. The van der Waals surface area contributed by atoms with Gasteiger partial charge in [-0.15, -0.1) is 12.8 Å². The predicted octanol–water partition coefficient (Wildman–Crippen LogP) is 6.39. The summed E-state index contributed by atoms with van der Waals surface area (Å²) in [6, 6.07) is 19.1. The van der Waals surface area contributed by atoms with E-state index in [-0.39, 0.29) is 12.3 Å². The molecule has 2 heterocycles. The van der Waals surface area contributed by atoms with Crippen LogP contribution in [0.5, 0.6) is 0 Å². The lowest BCUT2D eigenvalue weighted by Crippen LogP contribution is -2.19. The van der Waals surface area contributed by atoms with Gasteiger partial charge in [0.1, 0.15) is 11.6 Å². The van der Waals surface area contributed by atoms with Crippen molar-refractivity contribution in [2.45, 2.75) is 40.7 Å². The Morgan fingerprint density at radius 3 is 1.82 bits per heavy atom. The highest BCUT2D eigenvalue weighted by Crippen LogP contribution is 2.30. The van der Waals surface area contributed by atoms with Gasteiger partial charge in [0.25, 0.3) is 0 Å². The topological polar surface area (TPSA) is 110 Å². The molecule has 3 aromatic carbocycles. The second-order valence-corrected chi connectivity index (χ2v) is 9.44. The van der Waals surface area contributed by atoms with Crippen molar-refractivity contribution >= 4 is 27.5 Å². The predicted molar refractivity (Wildman–Crippen MR) is 154 cm³/mol. The average molecular weight is 505 g/mol. The third kappa shape index (κ3) is 7.09. The fraction of sp³-hybridized carbons (Fsp3) is 0.226. The van der Waals surface area contributed by atoms with Crippen LogP contribution in [0, 0.1) is 30.1 Å². The number of hydrogen-bond acceptors (Lipinski definition) is 4. The maximum atomic E-state index is 11.1. The van der Waals surface area contributed by atoms with Gasteiger partial charge in [-0.2, -0.15) is 5.26 Å². The zero-order valence-electron chi connectivity index (χ0n) is 22.2. The van der Waals surface area contributed by atoms with E-state index in [0.29, 0.717) is 12.4 Å². The third-order valence-corrected chi connectivity index (χ3v) is 5.43. The minimum Gasteiger partial charge on any atom is -0.349 e. The fourth-order valence-corrected chi connectivity index (χ4v) is 3.81. The molecule has 0 radical (unpaired) electrons. The molecule has 0 fully saturated rings. The van der Waals surface area contributed by atoms with Crippen LogP contribution in [0.25, 0.3) is 44.1 Å². The molecule has 0 aliphatic heterocycles. The number of benzene rings is 3. The van der Waals surface area contributed by atoms with Crippen LogP contribution in [0.15, 0.2) is 60.9 Å². The highest BCUT2D eigenvalue weighted by molar-refractivity contribution is 6.00. The summed E-state index contributed by atoms with van der Waals surface area (Å²) in [4.78, 5) is 26.2. The molecule has 0 bridgehead atoms. The van der Waals surface area contributed by atoms with Crippen LogP contribution in [-0.4, -0.2) is 25.8 Å². The number of imidazole rings is 2. The highest BCUT2D eigenvalue weighted by atomic mass is 16.1. The lowest BCUT2D eigenvalue weighted by atomic mass is 9.99. The van der Waals surface area contributed by atoms with E-state index in [1.807, 2.05) is 0 Å². The van der Waals surface area contributed by atoms with E-state index < -0.39 is 0 Å². The molecule has 0 atom stereocenters. The Labute approximate surface area is 223 Å². The van der Waals surface area contributed by atoms with E-state index in [0.717, 1.165) is 55.8 Å². The first-order valence-corrected chi connectivity index (χ1v) is 12.3. The van der Waals surface area contributed by atoms with Crippen LogP contribution in [0.3, 0.4) is 0 Å². The van der Waals surface area contributed by atoms with Gasteiger partial charge in [0.15, 0.2) is 0 Å². The largest absolute Gasteiger partial charge is 0.349 e. The van der Waals surface area contributed by atoms with E-state index in [2.05, 4.69) is 113 Å². The van der Waals surface area contributed by atoms with Crippen molar-refractivity contribution in [1.29, 1.82) is 5.26 Å². The Morgan fingerprint density at radius 1 is 0.868 bits per heavy atom. The molecule has 0 aliphatic carbocycles. The van der Waals surface area contributed by atoms with Crippen molar-refractivity contribution in [3.05, 3.63) is 72.6 Å². The molecule has 0 saturated heterocycles. The molecule has 1 amide bonds. The van der Waals surface area contributed by atoms with E-state index in [1.165, 1.54) is 6.92 Å². The van der Waals surface area contributed by atoms with Gasteiger partial charge >= 0.3 is 0 Å². The summed E-state index contributed by atoms with van der Waals surface area (Å²) in [5.41, 5.74) is 3.89. The molecular weight excluding hydrogens is 472 g/mol. The van der Waals surface area contributed by atoms with Gasteiger partial charge in [-0.05, 0) is 51.7 Å². The van der Waals surface area contributed by atoms with Crippen LogP contribution < -0.4 is 5.32 Å². The van der Waals surface area contributed by atoms with Crippen molar-refractivity contribution < 1.29 is 4.79 Å². The van der Waals surface area contributed by atoms with E-state index in [4.69, 9.17) is 5.26 Å². The Hall–Kier alpha value is -4.88. The van der Waals surface area contributed by atoms with Crippen molar-refractivity contribution in [3.8, 4) is 41.4 Å². The summed E-state index contributed by atoms with van der Waals surface area (Å²) in [6.45, 7) is 8.37. The number of fused-ring (bicyclic) bond motifs is 2. The minimum absolute atomic E-state index is 0.0844. The SMILES string of the molecule is C#C.CC(=O)NCc1ncc(-c2ccc3cc4cc(-c5cnc(CC#N)[nH]5)ccc4cc3c2)[nH]1.CC(C)C. The lowest BCUT2D eigenvalue weighted by molar-refractivity contribution is -0.119. The lowest BCUT2D eigenvalue weighted by Gasteiger charge is -2.07. The molecule has 3 N–H and O–H groups in total. The number of H-pyrrole nitrogens is 2. The quantitative estimate of drug-likeness (QED) is 0.190. The van der Waals surface area contributed by atoms with Crippen molar-refractivity contribution in [2.75, 3.05) is 0 Å². The molecule has 7 nitrogen and oxygen atoms in total. The normalized spacial score (nSPS) is 10.3. The molecule has 0 spiro atoms. The Balaban J connectivity index is 0.000000612. The monoisotopic (exact) mass is 504 g/mol. The first-order chi connectivity index (χ1) is 18.3. The van der Waals surface area contributed by atoms with Crippen LogP contribution in [0.4, 0.5) is 0 Å². The highest BCUT2D eigenvalue weighted by Gasteiger charge is 2.08. The molecule has 0 saturated carbocycles. The van der Waals surface area contributed by atoms with Crippen molar-refractivity contribution in [1.82, 2.24) is 25.3 Å². The summed E-state index contributed by atoms with van der Waals surface area (Å²) in [6.07, 6.45) is 11.8. The molecule has 38 heavy (non-hydrogen) atoms. The average Bonchev–Trinajstić information content (AvgIpc) is 3.57. The van der Waals surface area contributed by atoms with Gasteiger partial charge in [0, 0.05) is 18.1 Å². The number of nitrogens with one attached hydrogen (secondary N) is 3. The van der Waals surface area contributed by atoms with Crippen LogP contribution in [-0.2, 0) is 17.8 Å². The zero-order chi connectivity index (χ0) is 27.7. The summed E-state index contributed by atoms with van der Waals surface area (Å²) < 4.78 is 0. The van der Waals surface area contributed by atoms with Gasteiger partial charge in [-0.1, -0.05) is 45.0 Å². The van der Waals surface area contributed by atoms with Gasteiger partial charge in [-0.25, -0.2) is 9.97 Å². The maximum Gasteiger partial charge on any atom is 0.217 e. The van der Waals surface area contributed by atoms with Crippen molar-refractivity contribution in [2.24, 2.45) is 5.92 Å². The van der Waals surface area contributed by atoms with Crippen LogP contribution >= 0.6 is 0 Å². The van der Waals surface area contributed by atoms with Gasteiger partial charge in [0.2, 0.25) is 5.91 Å².